The fraction of sp³-hybridized carbons (Fsp3) is 0.857. The first kappa shape index (κ1) is 12.6. The Morgan fingerprint density at radius 3 is 2.00 bits per heavy atom. The minimum Gasteiger partial charge on any atom is -0.550 e. The molecule has 3 heteroatoms. The predicted molar refractivity (Wildman–Crippen MR) is 33.7 cm³/mol. The van der Waals surface area contributed by atoms with Crippen molar-refractivity contribution in [2.24, 2.45) is 5.41 Å². The molecule has 0 saturated heterocycles. The minimum atomic E-state index is -0.954. The van der Waals surface area contributed by atoms with Crippen molar-refractivity contribution in [2.45, 2.75) is 33.6 Å². The van der Waals surface area contributed by atoms with Crippen LogP contribution in [0, 0.1) is 5.41 Å². The van der Waals surface area contributed by atoms with Crippen LogP contribution in [0.5, 0.6) is 0 Å². The smallest absolute Gasteiger partial charge is 0.550 e. The van der Waals surface area contributed by atoms with Crippen molar-refractivity contribution >= 4 is 5.97 Å². The van der Waals surface area contributed by atoms with Crippen LogP contribution in [-0.2, 0) is 21.9 Å². The maximum absolute atomic E-state index is 10.3. The molecule has 10 heavy (non-hydrogen) atoms. The molecule has 0 aromatic rings. The van der Waals surface area contributed by atoms with Gasteiger partial charge in [-0.3, -0.25) is 0 Å². The molecule has 0 spiro atoms. The Bertz CT molecular complexity index is 110. The van der Waals surface area contributed by atoms with Crippen LogP contribution in [0.25, 0.3) is 0 Å². The second kappa shape index (κ2) is 4.75. The molecule has 0 bridgehead atoms. The third-order valence-electron chi connectivity index (χ3n) is 1.43. The van der Waals surface area contributed by atoms with Crippen LogP contribution in [0.15, 0.2) is 0 Å². The summed E-state index contributed by atoms with van der Waals surface area (Å²) in [6, 6.07) is 0. The quantitative estimate of drug-likeness (QED) is 0.614. The van der Waals surface area contributed by atoms with Crippen LogP contribution in [-0.4, -0.2) is 5.97 Å². The second-order valence-corrected chi connectivity index (χ2v) is 2.92. The Labute approximate surface area is 72.5 Å². The Morgan fingerprint density at radius 1 is 1.50 bits per heavy atom. The van der Waals surface area contributed by atoms with E-state index in [1.807, 2.05) is 6.92 Å². The molecule has 0 aliphatic rings. The van der Waals surface area contributed by atoms with E-state index in [-0.39, 0.29) is 17.1 Å². The summed E-state index contributed by atoms with van der Waals surface area (Å²) in [6.45, 7) is 5.34. The maximum atomic E-state index is 10.3. The van der Waals surface area contributed by atoms with E-state index >= 15 is 0 Å². The number of carboxylic acid groups (broad SMARTS) is 1. The maximum Gasteiger partial charge on any atom is 1.00 e. The van der Waals surface area contributed by atoms with E-state index in [1.165, 1.54) is 0 Å². The van der Waals surface area contributed by atoms with Crippen molar-refractivity contribution in [3.8, 4) is 0 Å². The number of hydrogen-bond acceptors (Lipinski definition) is 2. The first-order valence-corrected chi connectivity index (χ1v) is 3.22. The first-order valence-electron chi connectivity index (χ1n) is 3.22. The van der Waals surface area contributed by atoms with E-state index in [2.05, 4.69) is 0 Å². The Morgan fingerprint density at radius 2 is 1.90 bits per heavy atom. The molecule has 0 unspecified atom stereocenters. The van der Waals surface area contributed by atoms with Crippen molar-refractivity contribution in [1.82, 2.24) is 0 Å². The summed E-state index contributed by atoms with van der Waals surface area (Å²) in [7, 11) is 0. The normalized spacial score (nSPS) is 10.3. The predicted octanol–water partition coefficient (Wildman–Crippen LogP) is 0.560. The van der Waals surface area contributed by atoms with E-state index in [4.69, 9.17) is 0 Å². The summed E-state index contributed by atoms with van der Waals surface area (Å²) in [5.74, 6) is -0.954. The zero-order chi connectivity index (χ0) is 7.49. The molecule has 0 N–H and O–H groups in total. The van der Waals surface area contributed by atoms with Crippen LogP contribution in [0.1, 0.15) is 33.6 Å². The molecular weight excluding hydrogens is 180 g/mol. The van der Waals surface area contributed by atoms with Crippen LogP contribution >= 0.6 is 0 Å². The van der Waals surface area contributed by atoms with Gasteiger partial charge in [0.15, 0.2) is 0 Å². The molecule has 0 atom stereocenters. The average molecular weight is 193 g/mol. The van der Waals surface area contributed by atoms with Gasteiger partial charge in [0, 0.05) is 11.4 Å². The first-order chi connectivity index (χ1) is 4.00. The van der Waals surface area contributed by atoms with Gasteiger partial charge in [0.1, 0.15) is 0 Å². The topological polar surface area (TPSA) is 40.1 Å². The number of aliphatic carboxylic acids is 1. The van der Waals surface area contributed by atoms with Gasteiger partial charge in [-0.25, -0.2) is 0 Å². The van der Waals surface area contributed by atoms with Gasteiger partial charge in [0.2, 0.25) is 0 Å². The summed E-state index contributed by atoms with van der Waals surface area (Å²) < 4.78 is 0. The molecule has 0 radical (unpaired) electrons. The second-order valence-electron chi connectivity index (χ2n) is 2.92. The fourth-order valence-electron chi connectivity index (χ4n) is 0.727. The molecule has 0 saturated carbocycles. The molecule has 0 heterocycles. The van der Waals surface area contributed by atoms with E-state index in [1.54, 1.807) is 13.8 Å². The Balaban J connectivity index is 0. The van der Waals surface area contributed by atoms with Gasteiger partial charge in [-0.05, 0) is 6.42 Å². The van der Waals surface area contributed by atoms with Crippen LogP contribution in [0.3, 0.4) is 0 Å². The zero-order valence-corrected chi connectivity index (χ0v) is 7.47. The summed E-state index contributed by atoms with van der Waals surface area (Å²) in [6.07, 6.45) is 1.58. The SMILES string of the molecule is CCCC(C)(C)C(=O)[O-].[Cu+]. The summed E-state index contributed by atoms with van der Waals surface area (Å²) in [5.41, 5.74) is -0.644. The summed E-state index contributed by atoms with van der Waals surface area (Å²) in [5, 5.41) is 10.3. The van der Waals surface area contributed by atoms with Gasteiger partial charge in [-0.15, -0.1) is 0 Å². The van der Waals surface area contributed by atoms with Gasteiger partial charge in [-0.1, -0.05) is 27.2 Å². The molecular formula is C7H13CuO2. The number of carbonyl (C=O) groups excluding carboxylic acids is 1. The van der Waals surface area contributed by atoms with Crippen molar-refractivity contribution in [3.63, 3.8) is 0 Å². The van der Waals surface area contributed by atoms with Gasteiger partial charge < -0.3 is 9.90 Å². The van der Waals surface area contributed by atoms with Crippen LogP contribution in [0.2, 0.25) is 0 Å². The van der Waals surface area contributed by atoms with Gasteiger partial charge in [0.25, 0.3) is 0 Å². The van der Waals surface area contributed by atoms with Gasteiger partial charge >= 0.3 is 17.1 Å². The third-order valence-corrected chi connectivity index (χ3v) is 1.43. The van der Waals surface area contributed by atoms with Crippen molar-refractivity contribution in [2.75, 3.05) is 0 Å². The minimum absolute atomic E-state index is 0. The van der Waals surface area contributed by atoms with E-state index in [9.17, 15) is 9.90 Å². The average Bonchev–Trinajstić information content (AvgIpc) is 1.65. The van der Waals surface area contributed by atoms with E-state index < -0.39 is 11.4 Å². The summed E-state index contributed by atoms with van der Waals surface area (Å²) >= 11 is 0. The molecule has 0 aliphatic carbocycles. The Kier molecular flexibility index (Phi) is 6.01. The zero-order valence-electron chi connectivity index (χ0n) is 6.53. The molecule has 0 amide bonds. The molecule has 0 fully saturated rings. The van der Waals surface area contributed by atoms with Crippen molar-refractivity contribution in [1.29, 1.82) is 0 Å². The fourth-order valence-corrected chi connectivity index (χ4v) is 0.727. The summed E-state index contributed by atoms with van der Waals surface area (Å²) in [4.78, 5) is 10.3. The molecule has 0 aromatic carbocycles. The molecule has 0 rings (SSSR count). The molecule has 0 aliphatic heterocycles. The standard InChI is InChI=1S/C7H14O2.Cu/c1-4-5-7(2,3)6(8)9;/h4-5H2,1-3H3,(H,8,9);/q;+1/p-1. The number of carbonyl (C=O) groups is 1. The largest absolute Gasteiger partial charge is 1.00 e. The van der Waals surface area contributed by atoms with E-state index in [0.29, 0.717) is 6.42 Å². The van der Waals surface area contributed by atoms with E-state index in [0.717, 1.165) is 6.42 Å². The monoisotopic (exact) mass is 192 g/mol. The van der Waals surface area contributed by atoms with Crippen molar-refractivity contribution < 1.29 is 27.0 Å². The van der Waals surface area contributed by atoms with Crippen LogP contribution < -0.4 is 5.11 Å². The number of hydrogen-bond donors (Lipinski definition) is 0. The van der Waals surface area contributed by atoms with Gasteiger partial charge in [0.05, 0.1) is 0 Å². The van der Waals surface area contributed by atoms with Crippen LogP contribution in [0.4, 0.5) is 0 Å². The third kappa shape index (κ3) is 3.91. The number of rotatable bonds is 3. The molecule has 0 aromatic heterocycles. The van der Waals surface area contributed by atoms with Gasteiger partial charge in [-0.2, -0.15) is 0 Å². The number of carboxylic acids is 1. The van der Waals surface area contributed by atoms with Crippen molar-refractivity contribution in [3.05, 3.63) is 0 Å². The Hall–Kier alpha value is -0.0105. The molecule has 64 valence electrons. The molecule has 2 nitrogen and oxygen atoms in total.